The third-order valence-electron chi connectivity index (χ3n) is 4.21. The van der Waals surface area contributed by atoms with Crippen LogP contribution in [0.2, 0.25) is 5.15 Å². The summed E-state index contributed by atoms with van der Waals surface area (Å²) in [5, 5.41) is 4.41. The van der Waals surface area contributed by atoms with E-state index >= 15 is 0 Å². The molecule has 1 atom stereocenters. The van der Waals surface area contributed by atoms with Crippen molar-refractivity contribution in [3.05, 3.63) is 58.3 Å². The minimum Gasteiger partial charge on any atom is -0.375 e. The predicted molar refractivity (Wildman–Crippen MR) is 95.1 cm³/mol. The number of rotatable bonds is 6. The fraction of sp³-hybridized carbons (Fsp3) is 0.333. The Kier molecular flexibility index (Phi) is 5.66. The Balaban J connectivity index is 1.87. The number of alkyl halides is 3. The van der Waals surface area contributed by atoms with Gasteiger partial charge in [-0.25, -0.2) is 9.50 Å². The van der Waals surface area contributed by atoms with E-state index in [1.54, 1.807) is 13.0 Å². The summed E-state index contributed by atoms with van der Waals surface area (Å²) in [4.78, 5) is 20.1. The average molecular weight is 413 g/mol. The third kappa shape index (κ3) is 4.31. The molecule has 148 valence electrons. The highest BCUT2D eigenvalue weighted by Gasteiger charge is 2.32. The van der Waals surface area contributed by atoms with Crippen LogP contribution in [0.1, 0.15) is 35.5 Å². The van der Waals surface area contributed by atoms with Gasteiger partial charge in [-0.2, -0.15) is 18.3 Å². The third-order valence-corrected chi connectivity index (χ3v) is 4.40. The first-order valence-electron chi connectivity index (χ1n) is 8.28. The summed E-state index contributed by atoms with van der Waals surface area (Å²) in [7, 11) is 1.52. The molecule has 3 aromatic heterocycles. The average Bonchev–Trinajstić information content (AvgIpc) is 3.00. The molecule has 3 rings (SSSR count). The van der Waals surface area contributed by atoms with E-state index in [9.17, 15) is 18.0 Å². The van der Waals surface area contributed by atoms with Crippen molar-refractivity contribution in [2.24, 2.45) is 0 Å². The van der Waals surface area contributed by atoms with Crippen LogP contribution in [-0.2, 0) is 28.5 Å². The number of halogens is 4. The van der Waals surface area contributed by atoms with Gasteiger partial charge in [-0.1, -0.05) is 11.6 Å². The fourth-order valence-electron chi connectivity index (χ4n) is 2.88. The zero-order chi connectivity index (χ0) is 20.5. The van der Waals surface area contributed by atoms with Gasteiger partial charge in [0, 0.05) is 44.0 Å². The standard InChI is InChI=1S/C18H16ClF3N4O2/c1-10(28-2)17-12(9-24-16-8-15(19)25-26(16)17)7-13(27)5-11-3-4-23-14(6-11)18(20,21)22/h3-4,6,8-10H,5,7H2,1-2H3/t10-/m0/s1. The number of Topliss-reactive ketones (excluding diaryl/α,β-unsaturated/α-hetero) is 1. The van der Waals surface area contributed by atoms with Crippen LogP contribution >= 0.6 is 11.6 Å². The molecule has 0 spiro atoms. The van der Waals surface area contributed by atoms with E-state index in [0.29, 0.717) is 16.9 Å². The minimum atomic E-state index is -4.56. The van der Waals surface area contributed by atoms with Gasteiger partial charge in [0.2, 0.25) is 0 Å². The lowest BCUT2D eigenvalue weighted by Crippen LogP contribution is -2.15. The molecular weight excluding hydrogens is 397 g/mol. The second kappa shape index (κ2) is 7.84. The molecular formula is C18H16ClF3N4O2. The SMILES string of the molecule is CO[C@@H](C)c1c(CC(=O)Cc2ccnc(C(F)(F)F)c2)cnc2cc(Cl)nn12. The zero-order valence-electron chi connectivity index (χ0n) is 15.0. The summed E-state index contributed by atoms with van der Waals surface area (Å²) in [5.41, 5.74) is 0.893. The lowest BCUT2D eigenvalue weighted by Gasteiger charge is -2.16. The van der Waals surface area contributed by atoms with Gasteiger partial charge in [0.25, 0.3) is 0 Å². The second-order valence-corrected chi connectivity index (χ2v) is 6.61. The summed E-state index contributed by atoms with van der Waals surface area (Å²) in [6.45, 7) is 1.79. The lowest BCUT2D eigenvalue weighted by atomic mass is 10.0. The number of carbonyl (C=O) groups is 1. The molecule has 3 aromatic rings. The van der Waals surface area contributed by atoms with E-state index in [2.05, 4.69) is 15.1 Å². The molecule has 0 aliphatic heterocycles. The number of ether oxygens (including phenoxy) is 1. The number of ketones is 1. The van der Waals surface area contributed by atoms with Crippen LogP contribution in [0.15, 0.2) is 30.6 Å². The normalized spacial score (nSPS) is 13.1. The van der Waals surface area contributed by atoms with E-state index in [1.165, 1.54) is 23.9 Å². The molecule has 0 aliphatic carbocycles. The lowest BCUT2D eigenvalue weighted by molar-refractivity contribution is -0.141. The van der Waals surface area contributed by atoms with Crippen molar-refractivity contribution in [2.45, 2.75) is 32.0 Å². The smallest absolute Gasteiger partial charge is 0.375 e. The quantitative estimate of drug-likeness (QED) is 0.615. The maximum absolute atomic E-state index is 12.8. The monoisotopic (exact) mass is 412 g/mol. The fourth-order valence-corrected chi connectivity index (χ4v) is 3.05. The number of carbonyl (C=O) groups excluding carboxylic acids is 1. The zero-order valence-corrected chi connectivity index (χ0v) is 15.8. The van der Waals surface area contributed by atoms with Gasteiger partial charge in [0.05, 0.1) is 11.8 Å². The Bertz CT molecular complexity index is 1020. The van der Waals surface area contributed by atoms with Crippen LogP contribution in [0.4, 0.5) is 13.2 Å². The number of hydrogen-bond acceptors (Lipinski definition) is 5. The summed E-state index contributed by atoms with van der Waals surface area (Å²) in [6.07, 6.45) is -2.58. The molecule has 0 aliphatic rings. The molecule has 0 unspecified atom stereocenters. The Morgan fingerprint density at radius 2 is 2.04 bits per heavy atom. The highest BCUT2D eigenvalue weighted by Crippen LogP contribution is 2.28. The van der Waals surface area contributed by atoms with Gasteiger partial charge < -0.3 is 4.74 Å². The topological polar surface area (TPSA) is 69.4 Å². The Hall–Kier alpha value is -2.52. The van der Waals surface area contributed by atoms with Gasteiger partial charge in [-0.05, 0) is 24.6 Å². The van der Waals surface area contributed by atoms with Gasteiger partial charge in [0.15, 0.2) is 10.8 Å². The molecule has 0 fully saturated rings. The number of pyridine rings is 1. The van der Waals surface area contributed by atoms with Gasteiger partial charge in [0.1, 0.15) is 11.5 Å². The highest BCUT2D eigenvalue weighted by molar-refractivity contribution is 6.29. The Morgan fingerprint density at radius 1 is 1.29 bits per heavy atom. The number of methoxy groups -OCH3 is 1. The summed E-state index contributed by atoms with van der Waals surface area (Å²) >= 11 is 5.94. The Morgan fingerprint density at radius 3 is 2.71 bits per heavy atom. The minimum absolute atomic E-state index is 0.0346. The van der Waals surface area contributed by atoms with Crippen molar-refractivity contribution in [3.63, 3.8) is 0 Å². The van der Waals surface area contributed by atoms with Crippen LogP contribution in [0.3, 0.4) is 0 Å². The van der Waals surface area contributed by atoms with E-state index < -0.39 is 18.0 Å². The van der Waals surface area contributed by atoms with Crippen LogP contribution in [0.25, 0.3) is 5.65 Å². The summed E-state index contributed by atoms with van der Waals surface area (Å²) in [6, 6.07) is 3.85. The van der Waals surface area contributed by atoms with Crippen LogP contribution in [-0.4, -0.2) is 32.5 Å². The molecule has 0 amide bonds. The van der Waals surface area contributed by atoms with E-state index in [4.69, 9.17) is 16.3 Å². The van der Waals surface area contributed by atoms with Crippen molar-refractivity contribution >= 4 is 23.0 Å². The number of fused-ring (bicyclic) bond motifs is 1. The second-order valence-electron chi connectivity index (χ2n) is 6.22. The first-order valence-corrected chi connectivity index (χ1v) is 8.66. The van der Waals surface area contributed by atoms with Crippen molar-refractivity contribution < 1.29 is 22.7 Å². The number of nitrogens with zero attached hydrogens (tertiary/aromatic N) is 4. The van der Waals surface area contributed by atoms with Crippen LogP contribution in [0, 0.1) is 0 Å². The number of hydrogen-bond donors (Lipinski definition) is 0. The van der Waals surface area contributed by atoms with E-state index in [1.807, 2.05) is 0 Å². The molecule has 0 saturated carbocycles. The predicted octanol–water partition coefficient (Wildman–Crippen LogP) is 3.86. The van der Waals surface area contributed by atoms with Crippen molar-refractivity contribution in [1.82, 2.24) is 19.6 Å². The largest absolute Gasteiger partial charge is 0.433 e. The molecule has 6 nitrogen and oxygen atoms in total. The van der Waals surface area contributed by atoms with Crippen molar-refractivity contribution in [3.8, 4) is 0 Å². The van der Waals surface area contributed by atoms with Crippen molar-refractivity contribution in [2.75, 3.05) is 7.11 Å². The van der Waals surface area contributed by atoms with E-state index in [0.717, 1.165) is 12.3 Å². The van der Waals surface area contributed by atoms with Gasteiger partial charge in [-0.15, -0.1) is 0 Å². The van der Waals surface area contributed by atoms with Crippen LogP contribution < -0.4 is 0 Å². The molecule has 0 saturated heterocycles. The molecule has 28 heavy (non-hydrogen) atoms. The maximum atomic E-state index is 12.8. The summed E-state index contributed by atoms with van der Waals surface area (Å²) < 4.78 is 45.3. The first-order chi connectivity index (χ1) is 13.2. The molecule has 10 heteroatoms. The highest BCUT2D eigenvalue weighted by atomic mass is 35.5. The number of aromatic nitrogens is 4. The maximum Gasteiger partial charge on any atom is 0.433 e. The summed E-state index contributed by atoms with van der Waals surface area (Å²) in [5.74, 6) is -0.275. The van der Waals surface area contributed by atoms with E-state index in [-0.39, 0.29) is 29.3 Å². The molecule has 0 aromatic carbocycles. The first kappa shape index (κ1) is 20.2. The molecule has 3 heterocycles. The molecule has 0 bridgehead atoms. The van der Waals surface area contributed by atoms with Gasteiger partial charge >= 0.3 is 6.18 Å². The Labute approximate surface area is 163 Å². The van der Waals surface area contributed by atoms with Gasteiger partial charge in [-0.3, -0.25) is 9.78 Å². The molecule has 0 N–H and O–H groups in total. The van der Waals surface area contributed by atoms with Crippen LogP contribution in [0.5, 0.6) is 0 Å². The molecule has 0 radical (unpaired) electrons. The van der Waals surface area contributed by atoms with Crippen molar-refractivity contribution in [1.29, 1.82) is 0 Å².